The van der Waals surface area contributed by atoms with E-state index in [1.54, 1.807) is 26.3 Å². The summed E-state index contributed by atoms with van der Waals surface area (Å²) in [5, 5.41) is 11.4. The van der Waals surface area contributed by atoms with Crippen LogP contribution in [0.4, 0.5) is 0 Å². The van der Waals surface area contributed by atoms with E-state index in [2.05, 4.69) is 12.2 Å². The number of fused-ring (bicyclic) bond motifs is 2. The zero-order chi connectivity index (χ0) is 22.7. The van der Waals surface area contributed by atoms with Gasteiger partial charge in [0.05, 0.1) is 26.7 Å². The van der Waals surface area contributed by atoms with Gasteiger partial charge in [-0.05, 0) is 24.6 Å². The summed E-state index contributed by atoms with van der Waals surface area (Å²) in [6, 6.07) is 11.3. The highest BCUT2D eigenvalue weighted by atomic mass is 32.2. The topological polar surface area (TPSA) is 84.8 Å². The van der Waals surface area contributed by atoms with Gasteiger partial charge >= 0.3 is 0 Å². The Balaban J connectivity index is 1.88. The van der Waals surface area contributed by atoms with Crippen molar-refractivity contribution in [1.82, 2.24) is 10.3 Å². The first-order valence-electron chi connectivity index (χ1n) is 10.4. The molecule has 8 nitrogen and oxygen atoms in total. The van der Waals surface area contributed by atoms with Crippen LogP contribution in [0.2, 0.25) is 0 Å². The summed E-state index contributed by atoms with van der Waals surface area (Å²) >= 11 is 1.53. The van der Waals surface area contributed by atoms with Gasteiger partial charge in [0.25, 0.3) is 5.91 Å². The van der Waals surface area contributed by atoms with Crippen molar-refractivity contribution in [3.63, 3.8) is 0 Å². The minimum atomic E-state index is -0.568. The van der Waals surface area contributed by atoms with E-state index in [4.69, 9.17) is 24.3 Å². The number of ether oxygens (including phenoxy) is 3. The van der Waals surface area contributed by atoms with Gasteiger partial charge in [-0.15, -0.1) is 5.10 Å². The number of benzene rings is 2. The summed E-state index contributed by atoms with van der Waals surface area (Å²) in [4.78, 5) is 18.1. The highest BCUT2D eigenvalue weighted by molar-refractivity contribution is 8.13. The van der Waals surface area contributed by atoms with E-state index in [9.17, 15) is 4.79 Å². The third-order valence-electron chi connectivity index (χ3n) is 5.24. The fraction of sp³-hybridized carbons (Fsp3) is 0.348. The van der Waals surface area contributed by atoms with Gasteiger partial charge in [-0.25, -0.2) is 5.01 Å². The second-order valence-corrected chi connectivity index (χ2v) is 8.32. The Hall–Kier alpha value is -3.20. The number of carbonyl (C=O) groups is 1. The van der Waals surface area contributed by atoms with E-state index in [0.717, 1.165) is 34.7 Å². The highest BCUT2D eigenvalue weighted by Crippen LogP contribution is 2.42. The molecule has 1 N–H and O–H groups in total. The SMILES string of the molecule is CCCCSC1=NN2C(=c3ccccc3=N[C@H]2c2cc(OC)c(OC)c(OC)c2)C(=O)N1. The lowest BCUT2D eigenvalue weighted by Gasteiger charge is -2.34. The molecule has 0 radical (unpaired) electrons. The van der Waals surface area contributed by atoms with Crippen LogP contribution in [0, 0.1) is 0 Å². The summed E-state index contributed by atoms with van der Waals surface area (Å²) in [6.45, 7) is 2.13. The molecule has 0 spiro atoms. The second kappa shape index (κ2) is 9.52. The normalized spacial score (nSPS) is 16.9. The molecular formula is C23H26N4O4S. The summed E-state index contributed by atoms with van der Waals surface area (Å²) in [5.41, 5.74) is 1.23. The first-order chi connectivity index (χ1) is 15.6. The summed E-state index contributed by atoms with van der Waals surface area (Å²) in [7, 11) is 4.70. The van der Waals surface area contributed by atoms with Crippen molar-refractivity contribution in [2.75, 3.05) is 27.1 Å². The largest absolute Gasteiger partial charge is 0.493 e. The molecule has 2 heterocycles. The molecule has 0 aromatic heterocycles. The van der Waals surface area contributed by atoms with Gasteiger partial charge in [0.1, 0.15) is 5.70 Å². The Kier molecular flexibility index (Phi) is 6.55. The number of thioether (sulfide) groups is 1. The molecule has 1 amide bonds. The molecule has 1 atom stereocenters. The number of unbranched alkanes of at least 4 members (excludes halogenated alkanes) is 1. The van der Waals surface area contributed by atoms with Gasteiger partial charge in [0.15, 0.2) is 22.8 Å². The van der Waals surface area contributed by atoms with Crippen molar-refractivity contribution in [2.45, 2.75) is 25.9 Å². The molecule has 2 aromatic rings. The van der Waals surface area contributed by atoms with E-state index < -0.39 is 6.17 Å². The van der Waals surface area contributed by atoms with Crippen LogP contribution < -0.4 is 30.1 Å². The van der Waals surface area contributed by atoms with Crippen LogP contribution in [0.15, 0.2) is 46.5 Å². The second-order valence-electron chi connectivity index (χ2n) is 7.23. The van der Waals surface area contributed by atoms with Gasteiger partial charge in [-0.1, -0.05) is 43.3 Å². The fourth-order valence-electron chi connectivity index (χ4n) is 3.67. The van der Waals surface area contributed by atoms with Crippen LogP contribution in [0.25, 0.3) is 5.70 Å². The lowest BCUT2D eigenvalue weighted by Crippen LogP contribution is -2.50. The number of nitrogens with zero attached hydrogens (tertiary/aromatic N) is 3. The first kappa shape index (κ1) is 22.0. The molecule has 32 heavy (non-hydrogen) atoms. The molecular weight excluding hydrogens is 428 g/mol. The van der Waals surface area contributed by atoms with Crippen molar-refractivity contribution < 1.29 is 19.0 Å². The zero-order valence-electron chi connectivity index (χ0n) is 18.5. The maximum Gasteiger partial charge on any atom is 0.276 e. The molecule has 168 valence electrons. The van der Waals surface area contributed by atoms with Crippen molar-refractivity contribution in [3.8, 4) is 17.2 Å². The molecule has 2 aliphatic heterocycles. The molecule has 0 aliphatic carbocycles. The zero-order valence-corrected chi connectivity index (χ0v) is 19.4. The Bertz CT molecular complexity index is 1160. The molecule has 0 saturated heterocycles. The van der Waals surface area contributed by atoms with E-state index in [1.807, 2.05) is 36.4 Å². The molecule has 0 unspecified atom stereocenters. The number of amides is 1. The highest BCUT2D eigenvalue weighted by Gasteiger charge is 2.35. The van der Waals surface area contributed by atoms with Gasteiger partial charge in [0.2, 0.25) is 5.75 Å². The standard InChI is InChI=1S/C23H26N4O4S/c1-5-6-11-32-23-25-22(28)19-15-9-7-8-10-16(15)24-21(27(19)26-23)14-12-17(29-2)20(31-4)18(13-14)30-3/h7-10,12-13,21H,5-6,11H2,1-4H3,(H,25,26,28)/t21-/m1/s1. The van der Waals surface area contributed by atoms with E-state index >= 15 is 0 Å². The number of hydrogen-bond acceptors (Lipinski definition) is 8. The minimum absolute atomic E-state index is 0.196. The van der Waals surface area contributed by atoms with E-state index in [-0.39, 0.29) is 5.91 Å². The van der Waals surface area contributed by atoms with Crippen LogP contribution >= 0.6 is 11.8 Å². The lowest BCUT2D eigenvalue weighted by molar-refractivity contribution is -0.116. The molecule has 2 aliphatic rings. The molecule has 0 fully saturated rings. The van der Waals surface area contributed by atoms with Gasteiger partial charge < -0.3 is 14.2 Å². The van der Waals surface area contributed by atoms with Gasteiger partial charge in [-0.3, -0.25) is 15.1 Å². The summed E-state index contributed by atoms with van der Waals surface area (Å²) < 4.78 is 16.5. The third-order valence-corrected chi connectivity index (χ3v) is 6.19. The van der Waals surface area contributed by atoms with Crippen molar-refractivity contribution >= 4 is 28.5 Å². The van der Waals surface area contributed by atoms with Crippen molar-refractivity contribution in [2.24, 2.45) is 10.1 Å². The smallest absolute Gasteiger partial charge is 0.276 e. The van der Waals surface area contributed by atoms with E-state index in [1.165, 1.54) is 11.8 Å². The molecule has 4 rings (SSSR count). The number of hydrogen-bond donors (Lipinski definition) is 1. The first-order valence-corrected chi connectivity index (χ1v) is 11.4. The molecule has 2 aromatic carbocycles. The number of nitrogens with one attached hydrogen (secondary N) is 1. The average molecular weight is 455 g/mol. The maximum atomic E-state index is 13.2. The predicted molar refractivity (Wildman–Crippen MR) is 124 cm³/mol. The monoisotopic (exact) mass is 454 g/mol. The van der Waals surface area contributed by atoms with Crippen LogP contribution in [0.1, 0.15) is 31.5 Å². The Morgan fingerprint density at radius 3 is 2.47 bits per heavy atom. The molecule has 9 heteroatoms. The quantitative estimate of drug-likeness (QED) is 0.647. The number of hydrazone groups is 1. The van der Waals surface area contributed by atoms with E-state index in [0.29, 0.717) is 28.1 Å². The number of para-hydroxylation sites is 1. The fourth-order valence-corrected chi connectivity index (χ4v) is 4.61. The Morgan fingerprint density at radius 1 is 1.09 bits per heavy atom. The number of carbonyl (C=O) groups excluding carboxylic acids is 1. The van der Waals surface area contributed by atoms with Crippen LogP contribution in [-0.2, 0) is 4.79 Å². The summed E-state index contributed by atoms with van der Waals surface area (Å²) in [5.74, 6) is 2.20. The van der Waals surface area contributed by atoms with Crippen LogP contribution in [0.3, 0.4) is 0 Å². The summed E-state index contributed by atoms with van der Waals surface area (Å²) in [6.07, 6.45) is 1.55. The Morgan fingerprint density at radius 2 is 1.81 bits per heavy atom. The van der Waals surface area contributed by atoms with Crippen LogP contribution in [-0.4, -0.2) is 43.2 Å². The number of amidine groups is 1. The Labute approximate surface area is 190 Å². The minimum Gasteiger partial charge on any atom is -0.493 e. The average Bonchev–Trinajstić information content (AvgIpc) is 2.82. The van der Waals surface area contributed by atoms with Gasteiger partial charge in [-0.2, -0.15) is 0 Å². The number of methoxy groups -OCH3 is 3. The predicted octanol–water partition coefficient (Wildman–Crippen LogP) is 2.39. The van der Waals surface area contributed by atoms with Gasteiger partial charge in [0, 0.05) is 16.5 Å². The number of rotatable bonds is 7. The molecule has 0 saturated carbocycles. The van der Waals surface area contributed by atoms with Crippen molar-refractivity contribution in [1.29, 1.82) is 0 Å². The lowest BCUT2D eigenvalue weighted by atomic mass is 10.1. The maximum absolute atomic E-state index is 13.2. The third kappa shape index (κ3) is 4.00. The van der Waals surface area contributed by atoms with Crippen LogP contribution in [0.5, 0.6) is 17.2 Å². The van der Waals surface area contributed by atoms with Crippen molar-refractivity contribution in [3.05, 3.63) is 52.5 Å². The molecule has 0 bridgehead atoms.